The van der Waals surface area contributed by atoms with Gasteiger partial charge in [-0.15, -0.1) is 0 Å². The summed E-state index contributed by atoms with van der Waals surface area (Å²) < 4.78 is 10.8. The summed E-state index contributed by atoms with van der Waals surface area (Å²) in [5.74, 6) is 1.26. The topological polar surface area (TPSA) is 80.2 Å². The van der Waals surface area contributed by atoms with Crippen LogP contribution in [0.15, 0.2) is 47.5 Å². The van der Waals surface area contributed by atoms with Crippen molar-refractivity contribution in [3.05, 3.63) is 53.1 Å². The molecule has 1 saturated heterocycles. The maximum absolute atomic E-state index is 12.6. The van der Waals surface area contributed by atoms with Crippen LogP contribution in [0.2, 0.25) is 5.02 Å². The molecule has 1 N–H and O–H groups in total. The molecule has 3 aliphatic rings. The number of carbonyl (C=O) groups is 2. The molecule has 2 aromatic rings. The molecule has 7 nitrogen and oxygen atoms in total. The lowest BCUT2D eigenvalue weighted by atomic mass is 9.84. The number of urea groups is 1. The van der Waals surface area contributed by atoms with Crippen molar-refractivity contribution in [2.24, 2.45) is 4.99 Å². The highest BCUT2D eigenvalue weighted by atomic mass is 35.5. The SMILES string of the molecule is O=C1CC(c2ccc3c(c2)OCO3)C2C(=NC(=O)N2c2ccc(Cl)cc2)N1. The molecule has 5 rings (SSSR count). The minimum Gasteiger partial charge on any atom is -0.454 e. The number of halogens is 1. The molecule has 0 aliphatic carbocycles. The van der Waals surface area contributed by atoms with E-state index < -0.39 is 12.1 Å². The Bertz CT molecular complexity index is 989. The maximum atomic E-state index is 12.6. The molecular weight excluding hydrogens is 370 g/mol. The molecule has 0 aromatic heterocycles. The fraction of sp³-hybridized carbons (Fsp3) is 0.211. The van der Waals surface area contributed by atoms with Gasteiger partial charge in [0.2, 0.25) is 12.7 Å². The van der Waals surface area contributed by atoms with Gasteiger partial charge in [-0.1, -0.05) is 17.7 Å². The van der Waals surface area contributed by atoms with Gasteiger partial charge in [-0.25, -0.2) is 4.79 Å². The zero-order chi connectivity index (χ0) is 18.5. The van der Waals surface area contributed by atoms with E-state index in [9.17, 15) is 9.59 Å². The van der Waals surface area contributed by atoms with E-state index in [4.69, 9.17) is 21.1 Å². The summed E-state index contributed by atoms with van der Waals surface area (Å²) in [6.45, 7) is 0.176. The van der Waals surface area contributed by atoms with Crippen LogP contribution in [0.25, 0.3) is 0 Å². The summed E-state index contributed by atoms with van der Waals surface area (Å²) in [7, 11) is 0. The number of aliphatic imine (C=N–C) groups is 1. The first-order valence-corrected chi connectivity index (χ1v) is 8.85. The van der Waals surface area contributed by atoms with Gasteiger partial charge in [0.25, 0.3) is 0 Å². The molecule has 2 aromatic carbocycles. The molecule has 136 valence electrons. The number of ether oxygens (including phenoxy) is 2. The zero-order valence-electron chi connectivity index (χ0n) is 14.0. The summed E-state index contributed by atoms with van der Waals surface area (Å²) in [6.07, 6.45) is 0.237. The molecule has 3 aliphatic heterocycles. The van der Waals surface area contributed by atoms with Crippen LogP contribution in [0, 0.1) is 0 Å². The minimum atomic E-state index is -0.412. The third kappa shape index (κ3) is 2.62. The number of rotatable bonds is 2. The monoisotopic (exact) mass is 383 g/mol. The van der Waals surface area contributed by atoms with Crippen molar-refractivity contribution < 1.29 is 19.1 Å². The molecular formula is C19H14ClN3O4. The van der Waals surface area contributed by atoms with Crippen LogP contribution in [0.5, 0.6) is 11.5 Å². The number of carbonyl (C=O) groups excluding carboxylic acids is 2. The number of hydrogen-bond donors (Lipinski definition) is 1. The lowest BCUT2D eigenvalue weighted by Crippen LogP contribution is -2.53. The smallest absolute Gasteiger partial charge is 0.350 e. The molecule has 8 heteroatoms. The number of hydrogen-bond acceptors (Lipinski definition) is 4. The Morgan fingerprint density at radius 1 is 1.07 bits per heavy atom. The van der Waals surface area contributed by atoms with Crippen molar-refractivity contribution in [3.8, 4) is 11.5 Å². The predicted octanol–water partition coefficient (Wildman–Crippen LogP) is 3.08. The third-order valence-corrected chi connectivity index (χ3v) is 5.22. The van der Waals surface area contributed by atoms with Crippen molar-refractivity contribution in [1.82, 2.24) is 5.32 Å². The molecule has 0 saturated carbocycles. The van der Waals surface area contributed by atoms with E-state index in [1.165, 1.54) is 0 Å². The van der Waals surface area contributed by atoms with Gasteiger partial charge in [0.1, 0.15) is 11.9 Å². The molecule has 1 fully saturated rings. The molecule has 2 atom stereocenters. The first kappa shape index (κ1) is 16.1. The number of fused-ring (bicyclic) bond motifs is 2. The molecule has 3 amide bonds. The lowest BCUT2D eigenvalue weighted by molar-refractivity contribution is -0.120. The summed E-state index contributed by atoms with van der Waals surface area (Å²) in [5.41, 5.74) is 1.57. The first-order chi connectivity index (χ1) is 13.1. The Morgan fingerprint density at radius 3 is 2.67 bits per heavy atom. The standard InChI is InChI=1S/C19H14ClN3O4/c20-11-2-4-12(5-3-11)23-17-13(8-16(24)21-18(17)22-19(23)25)10-1-6-14-15(7-10)27-9-26-14/h1-7,13,17H,8-9H2,(H,21,22,24,25). The normalized spacial score (nSPS) is 23.1. The Labute approximate surface area is 159 Å². The van der Waals surface area contributed by atoms with E-state index in [0.717, 1.165) is 5.56 Å². The van der Waals surface area contributed by atoms with Crippen LogP contribution in [0.1, 0.15) is 17.9 Å². The summed E-state index contributed by atoms with van der Waals surface area (Å²) in [4.78, 5) is 30.5. The van der Waals surface area contributed by atoms with Crippen LogP contribution in [0.3, 0.4) is 0 Å². The quantitative estimate of drug-likeness (QED) is 0.864. The van der Waals surface area contributed by atoms with E-state index in [1.54, 1.807) is 29.2 Å². The van der Waals surface area contributed by atoms with Crippen LogP contribution < -0.4 is 19.7 Å². The highest BCUT2D eigenvalue weighted by Crippen LogP contribution is 2.40. The Hall–Kier alpha value is -3.06. The van der Waals surface area contributed by atoms with E-state index in [0.29, 0.717) is 28.0 Å². The van der Waals surface area contributed by atoms with Gasteiger partial charge in [0.05, 0.1) is 0 Å². The zero-order valence-corrected chi connectivity index (χ0v) is 14.8. The molecule has 0 spiro atoms. The summed E-state index contributed by atoms with van der Waals surface area (Å²) in [5, 5.41) is 3.32. The number of amidine groups is 1. The van der Waals surface area contributed by atoms with Crippen molar-refractivity contribution in [2.45, 2.75) is 18.4 Å². The number of piperidine rings is 1. The van der Waals surface area contributed by atoms with Gasteiger partial charge in [-0.05, 0) is 42.0 Å². The molecule has 27 heavy (non-hydrogen) atoms. The minimum absolute atomic E-state index is 0.168. The number of amides is 3. The Kier molecular flexibility index (Phi) is 3.58. The van der Waals surface area contributed by atoms with Crippen LogP contribution >= 0.6 is 11.6 Å². The van der Waals surface area contributed by atoms with Crippen molar-refractivity contribution in [1.29, 1.82) is 0 Å². The van der Waals surface area contributed by atoms with Gasteiger partial charge < -0.3 is 14.8 Å². The predicted molar refractivity (Wildman–Crippen MR) is 98.6 cm³/mol. The summed E-state index contributed by atoms with van der Waals surface area (Å²) >= 11 is 5.98. The van der Waals surface area contributed by atoms with Gasteiger partial charge in [0.15, 0.2) is 11.5 Å². The molecule has 2 unspecified atom stereocenters. The number of benzene rings is 2. The van der Waals surface area contributed by atoms with Gasteiger partial charge >= 0.3 is 6.03 Å². The Morgan fingerprint density at radius 2 is 1.85 bits per heavy atom. The van der Waals surface area contributed by atoms with Gasteiger partial charge in [-0.3, -0.25) is 9.69 Å². The molecule has 3 heterocycles. The van der Waals surface area contributed by atoms with E-state index >= 15 is 0 Å². The molecule has 0 radical (unpaired) electrons. The average molecular weight is 384 g/mol. The van der Waals surface area contributed by atoms with Gasteiger partial charge in [-0.2, -0.15) is 4.99 Å². The van der Waals surface area contributed by atoms with Crippen LogP contribution in [0.4, 0.5) is 10.5 Å². The first-order valence-electron chi connectivity index (χ1n) is 8.47. The Balaban J connectivity index is 1.57. The van der Waals surface area contributed by atoms with Crippen molar-refractivity contribution >= 4 is 35.1 Å². The van der Waals surface area contributed by atoms with E-state index in [1.807, 2.05) is 18.2 Å². The second-order valence-electron chi connectivity index (χ2n) is 6.54. The van der Waals surface area contributed by atoms with E-state index in [2.05, 4.69) is 10.3 Å². The van der Waals surface area contributed by atoms with Crippen LogP contribution in [-0.2, 0) is 4.79 Å². The number of anilines is 1. The highest BCUT2D eigenvalue weighted by Gasteiger charge is 2.46. The lowest BCUT2D eigenvalue weighted by Gasteiger charge is -2.35. The third-order valence-electron chi connectivity index (χ3n) is 4.96. The number of nitrogens with zero attached hydrogens (tertiary/aromatic N) is 2. The maximum Gasteiger partial charge on any atom is 0.350 e. The average Bonchev–Trinajstić information content (AvgIpc) is 3.24. The second kappa shape index (κ2) is 5.99. The van der Waals surface area contributed by atoms with Crippen molar-refractivity contribution in [2.75, 3.05) is 11.7 Å². The van der Waals surface area contributed by atoms with E-state index in [-0.39, 0.29) is 25.0 Å². The van der Waals surface area contributed by atoms with Gasteiger partial charge in [0, 0.05) is 23.0 Å². The second-order valence-corrected chi connectivity index (χ2v) is 6.98. The fourth-order valence-electron chi connectivity index (χ4n) is 3.76. The number of nitrogens with one attached hydrogen (secondary N) is 1. The van der Waals surface area contributed by atoms with Crippen LogP contribution in [-0.4, -0.2) is 30.6 Å². The largest absolute Gasteiger partial charge is 0.454 e. The molecule has 0 bridgehead atoms. The van der Waals surface area contributed by atoms with Crippen molar-refractivity contribution in [3.63, 3.8) is 0 Å². The summed E-state index contributed by atoms with van der Waals surface area (Å²) in [6, 6.07) is 11.8. The highest BCUT2D eigenvalue weighted by molar-refractivity contribution is 6.30. The fourth-order valence-corrected chi connectivity index (χ4v) is 3.88.